The summed E-state index contributed by atoms with van der Waals surface area (Å²) in [6.07, 6.45) is 0.991. The molecule has 0 N–H and O–H groups in total. The van der Waals surface area contributed by atoms with Crippen LogP contribution in [0.15, 0.2) is 83.8 Å². The molecule has 0 unspecified atom stereocenters. The zero-order chi connectivity index (χ0) is 23.4. The summed E-state index contributed by atoms with van der Waals surface area (Å²) in [7, 11) is -4.55. The van der Waals surface area contributed by atoms with E-state index < -0.39 is 16.1 Å². The van der Waals surface area contributed by atoms with Gasteiger partial charge in [0.1, 0.15) is 22.4 Å². The van der Waals surface area contributed by atoms with E-state index in [2.05, 4.69) is 20.8 Å². The predicted octanol–water partition coefficient (Wildman–Crippen LogP) is 5.02. The van der Waals surface area contributed by atoms with Gasteiger partial charge in [-0.2, -0.15) is 0 Å². The van der Waals surface area contributed by atoms with Crippen LogP contribution in [0.1, 0.15) is 32.8 Å². The fourth-order valence-corrected chi connectivity index (χ4v) is 3.67. The molecule has 3 aromatic carbocycles. The first-order valence-corrected chi connectivity index (χ1v) is 11.7. The monoisotopic (exact) mass is 452 g/mol. The van der Waals surface area contributed by atoms with Crippen molar-refractivity contribution in [1.29, 1.82) is 0 Å². The van der Waals surface area contributed by atoms with Crippen LogP contribution >= 0.6 is 0 Å². The van der Waals surface area contributed by atoms with E-state index in [1.807, 2.05) is 42.5 Å². The van der Waals surface area contributed by atoms with Gasteiger partial charge in [0.2, 0.25) is 0 Å². The molecule has 0 spiro atoms. The highest BCUT2D eigenvalue weighted by molar-refractivity contribution is 7.85. The van der Waals surface area contributed by atoms with Crippen LogP contribution in [-0.2, 0) is 20.3 Å². The lowest BCUT2D eigenvalue weighted by atomic mass is 9.82. The Bertz CT molecular complexity index is 1160. The normalized spacial score (nSPS) is 11.8. The maximum absolute atomic E-state index is 12.7. The molecule has 0 aromatic heterocycles. The van der Waals surface area contributed by atoms with Crippen LogP contribution in [0.3, 0.4) is 0 Å². The largest absolute Gasteiger partial charge is 0.744 e. The molecular weight excluding hydrogens is 426 g/mol. The Morgan fingerprint density at radius 3 is 2.00 bits per heavy atom. The summed E-state index contributed by atoms with van der Waals surface area (Å²) in [5, 5.41) is 0. The minimum Gasteiger partial charge on any atom is -0.744 e. The fourth-order valence-electron chi connectivity index (χ4n) is 3.20. The zero-order valence-corrected chi connectivity index (χ0v) is 19.1. The lowest BCUT2D eigenvalue weighted by Gasteiger charge is -2.25. The zero-order valence-electron chi connectivity index (χ0n) is 18.3. The van der Waals surface area contributed by atoms with Crippen molar-refractivity contribution in [2.75, 3.05) is 11.4 Å². The van der Waals surface area contributed by atoms with Crippen LogP contribution in [0, 0.1) is 0 Å². The molecule has 168 valence electrons. The summed E-state index contributed by atoms with van der Waals surface area (Å²) in [5.41, 5.74) is 2.48. The molecule has 7 heteroatoms. The number of rotatable bonds is 8. The molecule has 0 atom stereocenters. The second kappa shape index (κ2) is 9.54. The molecule has 0 amide bonds. The Labute approximate surface area is 189 Å². The van der Waals surface area contributed by atoms with Crippen molar-refractivity contribution in [2.45, 2.75) is 37.5 Å². The van der Waals surface area contributed by atoms with E-state index in [0.29, 0.717) is 11.4 Å². The van der Waals surface area contributed by atoms with Crippen molar-refractivity contribution in [2.24, 2.45) is 0 Å². The van der Waals surface area contributed by atoms with Gasteiger partial charge in [0, 0.05) is 11.4 Å². The number of esters is 1. The third-order valence-corrected chi connectivity index (χ3v) is 6.39. The van der Waals surface area contributed by atoms with Crippen LogP contribution in [-0.4, -0.2) is 25.5 Å². The quantitative estimate of drug-likeness (QED) is 0.271. The van der Waals surface area contributed by atoms with Gasteiger partial charge in [0.25, 0.3) is 0 Å². The lowest BCUT2D eigenvalue weighted by Crippen LogP contribution is -2.28. The average Bonchev–Trinajstić information content (AvgIpc) is 2.78. The second-order valence-corrected chi connectivity index (χ2v) is 9.49. The minimum atomic E-state index is -4.55. The van der Waals surface area contributed by atoms with E-state index in [-0.39, 0.29) is 16.9 Å². The molecule has 3 aromatic rings. The van der Waals surface area contributed by atoms with Gasteiger partial charge in [-0.3, -0.25) is 0 Å². The summed E-state index contributed by atoms with van der Waals surface area (Å²) in [6, 6.07) is 22.1. The van der Waals surface area contributed by atoms with Crippen molar-refractivity contribution < 1.29 is 22.5 Å². The van der Waals surface area contributed by atoms with Gasteiger partial charge in [-0.25, -0.2) is 13.2 Å². The number of anilines is 2. The van der Waals surface area contributed by atoms with Crippen molar-refractivity contribution in [3.05, 3.63) is 84.4 Å². The highest BCUT2D eigenvalue weighted by atomic mass is 32.2. The second-order valence-electron chi connectivity index (χ2n) is 8.11. The van der Waals surface area contributed by atoms with Gasteiger partial charge in [-0.05, 0) is 65.9 Å². The maximum atomic E-state index is 12.7. The Kier molecular flexibility index (Phi) is 7.01. The van der Waals surface area contributed by atoms with Crippen LogP contribution in [0.25, 0.3) is 0 Å². The molecular formula is C25H26NO5S-. The molecule has 0 aliphatic rings. The Hall–Kier alpha value is -3.16. The Balaban J connectivity index is 1.80. The molecule has 0 heterocycles. The van der Waals surface area contributed by atoms with E-state index in [0.717, 1.165) is 12.1 Å². The van der Waals surface area contributed by atoms with Crippen LogP contribution in [0.4, 0.5) is 11.4 Å². The van der Waals surface area contributed by atoms with E-state index in [4.69, 9.17) is 4.74 Å². The number of hydrogen-bond donors (Lipinski definition) is 0. The van der Waals surface area contributed by atoms with E-state index >= 15 is 0 Å². The summed E-state index contributed by atoms with van der Waals surface area (Å²) >= 11 is 0. The summed E-state index contributed by atoms with van der Waals surface area (Å²) < 4.78 is 39.2. The van der Waals surface area contributed by atoms with E-state index in [1.54, 1.807) is 17.0 Å². The topological polar surface area (TPSA) is 86.7 Å². The molecule has 0 saturated carbocycles. The molecule has 0 bridgehead atoms. The van der Waals surface area contributed by atoms with Gasteiger partial charge < -0.3 is 14.2 Å². The third kappa shape index (κ3) is 5.75. The fraction of sp³-hybridized carbons (Fsp3) is 0.240. The highest BCUT2D eigenvalue weighted by Gasteiger charge is 2.19. The first kappa shape index (κ1) is 23.5. The van der Waals surface area contributed by atoms with Crippen molar-refractivity contribution >= 4 is 27.5 Å². The van der Waals surface area contributed by atoms with Gasteiger partial charge in [0.15, 0.2) is 0 Å². The molecule has 0 fully saturated rings. The molecule has 3 rings (SSSR count). The first-order valence-electron chi connectivity index (χ1n) is 10.3. The third-order valence-electron chi connectivity index (χ3n) is 5.54. The van der Waals surface area contributed by atoms with Gasteiger partial charge in [0.05, 0.1) is 4.90 Å². The van der Waals surface area contributed by atoms with Gasteiger partial charge >= 0.3 is 5.97 Å². The maximum Gasteiger partial charge on any atom is 0.331 e. The molecule has 0 radical (unpaired) electrons. The van der Waals surface area contributed by atoms with Crippen LogP contribution in [0.5, 0.6) is 5.75 Å². The molecule has 6 nitrogen and oxygen atoms in total. The minimum absolute atomic E-state index is 0.0381. The summed E-state index contributed by atoms with van der Waals surface area (Å²) in [6.45, 7) is 6.35. The van der Waals surface area contributed by atoms with Crippen molar-refractivity contribution in [1.82, 2.24) is 0 Å². The standard InChI is InChI=1S/C25H27NO5S/c1-4-25(2,3)19-10-14-22(15-11-19)31-24(27)18-26(20-8-6-5-7-9-20)21-12-16-23(17-13-21)32(28,29)30/h5-17H,4,18H2,1-3H3,(H,28,29,30)/p-1. The SMILES string of the molecule is CCC(C)(C)c1ccc(OC(=O)CN(c2ccccc2)c2ccc(S(=O)(=O)[O-])cc2)cc1. The lowest BCUT2D eigenvalue weighted by molar-refractivity contribution is -0.132. The van der Waals surface area contributed by atoms with E-state index in [9.17, 15) is 17.8 Å². The molecule has 0 aliphatic heterocycles. The number of nitrogens with zero attached hydrogens (tertiary/aromatic N) is 1. The van der Waals surface area contributed by atoms with Crippen LogP contribution < -0.4 is 9.64 Å². The summed E-state index contributed by atoms with van der Waals surface area (Å²) in [5.74, 6) is -0.0247. The number of ether oxygens (including phenoxy) is 1. The van der Waals surface area contributed by atoms with E-state index in [1.165, 1.54) is 29.8 Å². The van der Waals surface area contributed by atoms with Gasteiger partial charge in [-0.1, -0.05) is 51.1 Å². The summed E-state index contributed by atoms with van der Waals surface area (Å²) in [4.78, 5) is 14.1. The van der Waals surface area contributed by atoms with Crippen molar-refractivity contribution in [3.8, 4) is 5.75 Å². The predicted molar refractivity (Wildman–Crippen MR) is 123 cm³/mol. The number of para-hydroxylation sites is 1. The number of benzene rings is 3. The first-order chi connectivity index (χ1) is 15.1. The molecule has 0 aliphatic carbocycles. The average molecular weight is 453 g/mol. The highest BCUT2D eigenvalue weighted by Crippen LogP contribution is 2.29. The van der Waals surface area contributed by atoms with Crippen LogP contribution in [0.2, 0.25) is 0 Å². The molecule has 32 heavy (non-hydrogen) atoms. The Morgan fingerprint density at radius 1 is 0.906 bits per heavy atom. The number of carbonyl (C=O) groups excluding carboxylic acids is 1. The van der Waals surface area contributed by atoms with Crippen molar-refractivity contribution in [3.63, 3.8) is 0 Å². The van der Waals surface area contributed by atoms with Gasteiger partial charge in [-0.15, -0.1) is 0 Å². The number of carbonyl (C=O) groups is 1. The Morgan fingerprint density at radius 2 is 1.47 bits per heavy atom. The smallest absolute Gasteiger partial charge is 0.331 e. The molecule has 0 saturated heterocycles. The number of hydrogen-bond acceptors (Lipinski definition) is 6.